The molecule has 0 aliphatic heterocycles. The molecule has 2 aromatic carbocycles. The third-order valence-corrected chi connectivity index (χ3v) is 3.91. The number of aryl methyl sites for hydroxylation is 2. The standard InChI is InChI=1S/C17H16O3/c1-10-2-5-14(17(19)20)15(8-10)12-3-6-13-11(9-12)4-7-16(13)18/h2-3,5-6,8-9,16,18H,4,7H2,1H3,(H,19,20). The van der Waals surface area contributed by atoms with E-state index < -0.39 is 5.97 Å². The number of aliphatic hydroxyl groups excluding tert-OH is 1. The molecule has 0 heterocycles. The maximum atomic E-state index is 11.4. The molecule has 102 valence electrons. The maximum Gasteiger partial charge on any atom is 0.336 e. The molecular weight excluding hydrogens is 252 g/mol. The number of benzene rings is 2. The van der Waals surface area contributed by atoms with Crippen molar-refractivity contribution in [3.63, 3.8) is 0 Å². The van der Waals surface area contributed by atoms with Crippen molar-refractivity contribution < 1.29 is 15.0 Å². The van der Waals surface area contributed by atoms with E-state index in [1.54, 1.807) is 6.07 Å². The van der Waals surface area contributed by atoms with E-state index in [-0.39, 0.29) is 6.10 Å². The van der Waals surface area contributed by atoms with E-state index in [9.17, 15) is 15.0 Å². The average molecular weight is 268 g/mol. The van der Waals surface area contributed by atoms with Crippen LogP contribution in [-0.4, -0.2) is 16.2 Å². The van der Waals surface area contributed by atoms with Crippen molar-refractivity contribution in [3.8, 4) is 11.1 Å². The number of fused-ring (bicyclic) bond motifs is 1. The van der Waals surface area contributed by atoms with Crippen LogP contribution in [0.5, 0.6) is 0 Å². The normalized spacial score (nSPS) is 17.0. The van der Waals surface area contributed by atoms with E-state index in [0.717, 1.165) is 40.7 Å². The van der Waals surface area contributed by atoms with Gasteiger partial charge in [0.05, 0.1) is 11.7 Å². The van der Waals surface area contributed by atoms with Gasteiger partial charge in [0.25, 0.3) is 0 Å². The number of aliphatic hydroxyl groups is 1. The molecule has 2 aromatic rings. The number of carboxylic acids is 1. The third kappa shape index (κ3) is 2.10. The van der Waals surface area contributed by atoms with Crippen LogP contribution in [0.4, 0.5) is 0 Å². The zero-order valence-electron chi connectivity index (χ0n) is 11.3. The Kier molecular flexibility index (Phi) is 3.07. The topological polar surface area (TPSA) is 57.5 Å². The summed E-state index contributed by atoms with van der Waals surface area (Å²) < 4.78 is 0. The van der Waals surface area contributed by atoms with E-state index in [4.69, 9.17) is 0 Å². The zero-order valence-corrected chi connectivity index (χ0v) is 11.3. The number of carbonyl (C=O) groups is 1. The molecule has 0 saturated heterocycles. The fraction of sp³-hybridized carbons (Fsp3) is 0.235. The van der Waals surface area contributed by atoms with Crippen molar-refractivity contribution in [2.45, 2.75) is 25.9 Å². The summed E-state index contributed by atoms with van der Waals surface area (Å²) in [4.78, 5) is 11.4. The summed E-state index contributed by atoms with van der Waals surface area (Å²) in [5.41, 5.74) is 5.08. The van der Waals surface area contributed by atoms with Crippen LogP contribution in [0, 0.1) is 6.92 Å². The van der Waals surface area contributed by atoms with Crippen LogP contribution in [0.1, 0.15) is 39.6 Å². The first-order chi connectivity index (χ1) is 9.56. The first-order valence-corrected chi connectivity index (χ1v) is 6.71. The molecule has 1 atom stereocenters. The summed E-state index contributed by atoms with van der Waals surface area (Å²) >= 11 is 0. The van der Waals surface area contributed by atoms with Crippen LogP contribution in [-0.2, 0) is 6.42 Å². The molecule has 0 amide bonds. The Balaban J connectivity index is 2.14. The Labute approximate surface area is 117 Å². The minimum atomic E-state index is -0.916. The molecule has 1 unspecified atom stereocenters. The van der Waals surface area contributed by atoms with Gasteiger partial charge in [-0.3, -0.25) is 0 Å². The minimum absolute atomic E-state index is 0.314. The van der Waals surface area contributed by atoms with Crippen LogP contribution >= 0.6 is 0 Å². The lowest BCUT2D eigenvalue weighted by molar-refractivity contribution is 0.0697. The Hall–Kier alpha value is -2.13. The van der Waals surface area contributed by atoms with Crippen molar-refractivity contribution in [1.29, 1.82) is 0 Å². The monoisotopic (exact) mass is 268 g/mol. The molecule has 1 aliphatic carbocycles. The van der Waals surface area contributed by atoms with E-state index in [1.807, 2.05) is 37.3 Å². The summed E-state index contributed by atoms with van der Waals surface area (Å²) in [6.45, 7) is 1.95. The van der Waals surface area contributed by atoms with Gasteiger partial charge in [-0.15, -0.1) is 0 Å². The smallest absolute Gasteiger partial charge is 0.336 e. The Morgan fingerprint density at radius 2 is 2.00 bits per heavy atom. The van der Waals surface area contributed by atoms with Crippen molar-refractivity contribution >= 4 is 5.97 Å². The highest BCUT2D eigenvalue weighted by Gasteiger charge is 2.21. The summed E-state index contributed by atoms with van der Waals surface area (Å²) in [7, 11) is 0. The van der Waals surface area contributed by atoms with Gasteiger partial charge in [-0.25, -0.2) is 4.79 Å². The molecule has 20 heavy (non-hydrogen) atoms. The van der Waals surface area contributed by atoms with Crippen LogP contribution in [0.15, 0.2) is 36.4 Å². The molecular formula is C17H16O3. The lowest BCUT2D eigenvalue weighted by Crippen LogP contribution is -2.00. The van der Waals surface area contributed by atoms with Gasteiger partial charge >= 0.3 is 5.97 Å². The van der Waals surface area contributed by atoms with Crippen molar-refractivity contribution in [3.05, 3.63) is 58.7 Å². The van der Waals surface area contributed by atoms with Crippen LogP contribution in [0.2, 0.25) is 0 Å². The van der Waals surface area contributed by atoms with Crippen molar-refractivity contribution in [2.75, 3.05) is 0 Å². The van der Waals surface area contributed by atoms with Gasteiger partial charge in [0, 0.05) is 0 Å². The Morgan fingerprint density at radius 1 is 1.20 bits per heavy atom. The largest absolute Gasteiger partial charge is 0.478 e. The molecule has 0 spiro atoms. The highest BCUT2D eigenvalue weighted by molar-refractivity contribution is 5.96. The molecule has 3 heteroatoms. The van der Waals surface area contributed by atoms with E-state index >= 15 is 0 Å². The molecule has 0 aromatic heterocycles. The van der Waals surface area contributed by atoms with Gasteiger partial charge in [0.15, 0.2) is 0 Å². The summed E-state index contributed by atoms with van der Waals surface area (Å²) in [6, 6.07) is 11.2. The second-order valence-electron chi connectivity index (χ2n) is 5.32. The molecule has 3 rings (SSSR count). The average Bonchev–Trinajstić information content (AvgIpc) is 2.79. The van der Waals surface area contributed by atoms with Gasteiger partial charge in [-0.2, -0.15) is 0 Å². The Bertz CT molecular complexity index is 689. The molecule has 0 saturated carbocycles. The first-order valence-electron chi connectivity index (χ1n) is 6.71. The summed E-state index contributed by atoms with van der Waals surface area (Å²) in [5.74, 6) is -0.916. The first kappa shape index (κ1) is 12.9. The highest BCUT2D eigenvalue weighted by Crippen LogP contribution is 2.35. The van der Waals surface area contributed by atoms with Crippen LogP contribution in [0.3, 0.4) is 0 Å². The fourth-order valence-corrected chi connectivity index (χ4v) is 2.85. The number of hydrogen-bond donors (Lipinski definition) is 2. The minimum Gasteiger partial charge on any atom is -0.478 e. The van der Waals surface area contributed by atoms with Crippen molar-refractivity contribution in [1.82, 2.24) is 0 Å². The number of carboxylic acid groups (broad SMARTS) is 1. The van der Waals surface area contributed by atoms with Crippen LogP contribution < -0.4 is 0 Å². The van der Waals surface area contributed by atoms with E-state index in [1.165, 1.54) is 0 Å². The van der Waals surface area contributed by atoms with E-state index in [2.05, 4.69) is 0 Å². The van der Waals surface area contributed by atoms with Crippen LogP contribution in [0.25, 0.3) is 11.1 Å². The lowest BCUT2D eigenvalue weighted by atomic mass is 9.95. The Morgan fingerprint density at radius 3 is 2.75 bits per heavy atom. The zero-order chi connectivity index (χ0) is 14.3. The van der Waals surface area contributed by atoms with Crippen molar-refractivity contribution in [2.24, 2.45) is 0 Å². The molecule has 0 radical (unpaired) electrons. The predicted octanol–water partition coefficient (Wildman–Crippen LogP) is 3.34. The highest BCUT2D eigenvalue weighted by atomic mass is 16.4. The summed E-state index contributed by atoms with van der Waals surface area (Å²) in [6.07, 6.45) is 1.22. The number of rotatable bonds is 2. The number of hydrogen-bond acceptors (Lipinski definition) is 2. The van der Waals surface area contributed by atoms with E-state index in [0.29, 0.717) is 5.56 Å². The number of aromatic carboxylic acids is 1. The molecule has 1 aliphatic rings. The maximum absolute atomic E-state index is 11.4. The third-order valence-electron chi connectivity index (χ3n) is 3.91. The van der Waals surface area contributed by atoms with Gasteiger partial charge in [-0.1, -0.05) is 35.9 Å². The second kappa shape index (κ2) is 4.76. The molecule has 0 fully saturated rings. The molecule has 3 nitrogen and oxygen atoms in total. The van der Waals surface area contributed by atoms with Gasteiger partial charge < -0.3 is 10.2 Å². The predicted molar refractivity (Wildman–Crippen MR) is 76.9 cm³/mol. The van der Waals surface area contributed by atoms with Gasteiger partial charge in [-0.05, 0) is 48.1 Å². The fourth-order valence-electron chi connectivity index (χ4n) is 2.85. The SMILES string of the molecule is Cc1ccc(C(=O)O)c(-c2ccc3c(c2)CCC3O)c1. The molecule has 2 N–H and O–H groups in total. The summed E-state index contributed by atoms with van der Waals surface area (Å²) in [5, 5.41) is 19.1. The van der Waals surface area contributed by atoms with Gasteiger partial charge in [0.1, 0.15) is 0 Å². The lowest BCUT2D eigenvalue weighted by Gasteiger charge is -2.10. The molecule has 0 bridgehead atoms. The quantitative estimate of drug-likeness (QED) is 0.878. The van der Waals surface area contributed by atoms with Gasteiger partial charge in [0.2, 0.25) is 0 Å². The second-order valence-corrected chi connectivity index (χ2v) is 5.32.